The fourth-order valence-corrected chi connectivity index (χ4v) is 3.79. The number of fused-ring (bicyclic) bond motifs is 1. The summed E-state index contributed by atoms with van der Waals surface area (Å²) in [5, 5.41) is 2.80. The van der Waals surface area contributed by atoms with Gasteiger partial charge in [0.05, 0.1) is 15.0 Å². The van der Waals surface area contributed by atoms with Gasteiger partial charge in [0, 0.05) is 37.1 Å². The lowest BCUT2D eigenvalue weighted by molar-refractivity contribution is -0.274. The number of benzene rings is 1. The van der Waals surface area contributed by atoms with Gasteiger partial charge < -0.3 is 25.7 Å². The number of rotatable bonds is 4. The molecule has 1 aliphatic rings. The van der Waals surface area contributed by atoms with Crippen LogP contribution in [0.2, 0.25) is 5.02 Å². The zero-order valence-corrected chi connectivity index (χ0v) is 18.0. The Morgan fingerprint density at radius 2 is 2.13 bits per heavy atom. The summed E-state index contributed by atoms with van der Waals surface area (Å²) in [7, 11) is 0. The number of nitrogens with zero attached hydrogens (tertiary/aromatic N) is 3. The molecule has 4 rings (SSSR count). The molecule has 164 valence electrons. The van der Waals surface area contributed by atoms with E-state index in [1.807, 2.05) is 4.90 Å². The molecule has 0 radical (unpaired) electrons. The van der Waals surface area contributed by atoms with E-state index in [0.717, 1.165) is 12.5 Å². The third-order valence-electron chi connectivity index (χ3n) is 4.61. The first kappa shape index (κ1) is 21.7. The van der Waals surface area contributed by atoms with E-state index in [4.69, 9.17) is 17.3 Å². The zero-order valence-electron chi connectivity index (χ0n) is 15.6. The maximum Gasteiger partial charge on any atom is 0.573 e. The summed E-state index contributed by atoms with van der Waals surface area (Å²) >= 11 is 9.18. The molecule has 0 unspecified atom stereocenters. The number of nitrogens with two attached hydrogens (primary N) is 1. The number of aromatic amines is 1. The normalized spacial score (nSPS) is 16.7. The molecule has 3 aromatic rings. The van der Waals surface area contributed by atoms with E-state index in [-0.39, 0.29) is 28.0 Å². The highest BCUT2D eigenvalue weighted by atomic mass is 79.9. The number of hydrogen-bond donors (Lipinski definition) is 3. The van der Waals surface area contributed by atoms with Crippen molar-refractivity contribution in [3.63, 3.8) is 0 Å². The Morgan fingerprint density at radius 1 is 1.35 bits per heavy atom. The Kier molecular flexibility index (Phi) is 5.71. The van der Waals surface area contributed by atoms with Crippen molar-refractivity contribution in [2.75, 3.05) is 23.3 Å². The molecular weight excluding hydrogens is 505 g/mol. The summed E-state index contributed by atoms with van der Waals surface area (Å²) in [4.78, 5) is 25.9. The molecule has 0 bridgehead atoms. The number of halogens is 5. The van der Waals surface area contributed by atoms with Crippen molar-refractivity contribution >= 4 is 55.9 Å². The van der Waals surface area contributed by atoms with Gasteiger partial charge >= 0.3 is 6.36 Å². The van der Waals surface area contributed by atoms with Crippen molar-refractivity contribution in [2.45, 2.75) is 18.8 Å². The summed E-state index contributed by atoms with van der Waals surface area (Å²) in [5.74, 6) is -0.128. The average Bonchev–Trinajstić information content (AvgIpc) is 3.12. The van der Waals surface area contributed by atoms with E-state index in [0.29, 0.717) is 29.0 Å². The van der Waals surface area contributed by atoms with Gasteiger partial charge in [-0.3, -0.25) is 4.79 Å². The highest BCUT2D eigenvalue weighted by molar-refractivity contribution is 9.10. The number of ether oxygens (including phenoxy) is 1. The highest BCUT2D eigenvalue weighted by Crippen LogP contribution is 2.35. The molecule has 31 heavy (non-hydrogen) atoms. The van der Waals surface area contributed by atoms with Gasteiger partial charge in [0.2, 0.25) is 5.95 Å². The molecule has 8 nitrogen and oxygen atoms in total. The second-order valence-corrected chi connectivity index (χ2v) is 8.14. The molecule has 1 aromatic carbocycles. The minimum Gasteiger partial charge on any atom is -0.404 e. The van der Waals surface area contributed by atoms with Gasteiger partial charge in [-0.25, -0.2) is 4.98 Å². The molecule has 3 heterocycles. The van der Waals surface area contributed by atoms with Gasteiger partial charge in [-0.2, -0.15) is 4.98 Å². The van der Waals surface area contributed by atoms with Gasteiger partial charge in [-0.1, -0.05) is 11.6 Å². The lowest BCUT2D eigenvalue weighted by Gasteiger charge is -2.18. The second-order valence-electron chi connectivity index (χ2n) is 6.87. The predicted octanol–water partition coefficient (Wildman–Crippen LogP) is 3.91. The number of H-pyrrole nitrogens is 1. The van der Waals surface area contributed by atoms with Crippen LogP contribution in [0.5, 0.6) is 5.75 Å². The molecule has 1 fully saturated rings. The van der Waals surface area contributed by atoms with Crippen LogP contribution in [0.25, 0.3) is 10.9 Å². The SMILES string of the molecule is N[C@@H]1CCN(c2nc(Nc3ccc(Cl)c(OC(F)(F)F)c3)c3c(=O)[nH]cc(Br)c3n2)C1. The van der Waals surface area contributed by atoms with Gasteiger partial charge in [-0.15, -0.1) is 13.2 Å². The van der Waals surface area contributed by atoms with Crippen molar-refractivity contribution < 1.29 is 17.9 Å². The Hall–Kier alpha value is -2.57. The van der Waals surface area contributed by atoms with Crippen LogP contribution < -0.4 is 26.2 Å². The Labute approximate surface area is 186 Å². The smallest absolute Gasteiger partial charge is 0.404 e. The summed E-state index contributed by atoms with van der Waals surface area (Å²) < 4.78 is 42.4. The van der Waals surface area contributed by atoms with Crippen LogP contribution in [0.1, 0.15) is 6.42 Å². The fraction of sp³-hybridized carbons (Fsp3) is 0.278. The average molecular weight is 520 g/mol. The lowest BCUT2D eigenvalue weighted by atomic mass is 10.2. The van der Waals surface area contributed by atoms with Crippen molar-refractivity contribution in [1.29, 1.82) is 0 Å². The standard InChI is InChI=1S/C18H15BrClF3N6O2/c19-10-6-25-16(30)13-14(10)27-17(29-4-3-8(24)7-29)28-15(13)26-9-1-2-11(20)12(5-9)31-18(21,22)23/h1-2,5-6,8H,3-4,7,24H2,(H,25,30)(H,26,27,28)/t8-/m1/s1. The van der Waals surface area contributed by atoms with Crippen molar-refractivity contribution in [3.8, 4) is 5.75 Å². The first-order valence-electron chi connectivity index (χ1n) is 9.02. The number of pyridine rings is 1. The van der Waals surface area contributed by atoms with Gasteiger partial charge in [-0.05, 0) is 34.5 Å². The molecule has 2 aromatic heterocycles. The topological polar surface area (TPSA) is 109 Å². The molecule has 0 aliphatic carbocycles. The van der Waals surface area contributed by atoms with E-state index < -0.39 is 17.7 Å². The predicted molar refractivity (Wildman–Crippen MR) is 114 cm³/mol. The summed E-state index contributed by atoms with van der Waals surface area (Å²) in [5.41, 5.74) is 6.04. The number of nitrogens with one attached hydrogen (secondary N) is 2. The van der Waals surface area contributed by atoms with Gasteiger partial charge in [0.1, 0.15) is 17.0 Å². The summed E-state index contributed by atoms with van der Waals surface area (Å²) in [6, 6.07) is 3.73. The molecule has 1 aliphatic heterocycles. The first-order valence-corrected chi connectivity index (χ1v) is 10.2. The third kappa shape index (κ3) is 4.70. The second kappa shape index (κ2) is 8.17. The van der Waals surface area contributed by atoms with Crippen LogP contribution in [0, 0.1) is 0 Å². The van der Waals surface area contributed by atoms with E-state index in [2.05, 4.69) is 40.9 Å². The minimum atomic E-state index is -4.91. The van der Waals surface area contributed by atoms with Crippen LogP contribution in [-0.4, -0.2) is 40.4 Å². The van der Waals surface area contributed by atoms with Crippen LogP contribution in [0.3, 0.4) is 0 Å². The number of alkyl halides is 3. The Balaban J connectivity index is 1.80. The van der Waals surface area contributed by atoms with Gasteiger partial charge in [0.15, 0.2) is 0 Å². The molecule has 1 saturated heterocycles. The highest BCUT2D eigenvalue weighted by Gasteiger charge is 2.32. The Morgan fingerprint density at radius 3 is 2.81 bits per heavy atom. The maximum absolute atomic E-state index is 12.7. The van der Waals surface area contributed by atoms with Gasteiger partial charge in [0.25, 0.3) is 5.56 Å². The largest absolute Gasteiger partial charge is 0.573 e. The van der Waals surface area contributed by atoms with Crippen LogP contribution in [-0.2, 0) is 0 Å². The zero-order chi connectivity index (χ0) is 22.3. The molecule has 13 heteroatoms. The quantitative estimate of drug-likeness (QED) is 0.479. The minimum absolute atomic E-state index is 0.0309. The number of hydrogen-bond acceptors (Lipinski definition) is 7. The summed E-state index contributed by atoms with van der Waals surface area (Å²) in [6.07, 6.45) is -2.69. The van der Waals surface area contributed by atoms with E-state index in [1.165, 1.54) is 18.3 Å². The van der Waals surface area contributed by atoms with Crippen molar-refractivity contribution in [3.05, 3.63) is 44.2 Å². The molecule has 0 saturated carbocycles. The van der Waals surface area contributed by atoms with E-state index in [1.54, 1.807) is 0 Å². The van der Waals surface area contributed by atoms with E-state index in [9.17, 15) is 18.0 Å². The number of anilines is 3. The van der Waals surface area contributed by atoms with Crippen molar-refractivity contribution in [2.24, 2.45) is 5.73 Å². The van der Waals surface area contributed by atoms with Crippen LogP contribution in [0.15, 0.2) is 33.7 Å². The number of aromatic nitrogens is 3. The molecule has 4 N–H and O–H groups in total. The van der Waals surface area contributed by atoms with E-state index >= 15 is 0 Å². The monoisotopic (exact) mass is 518 g/mol. The molecule has 1 atom stereocenters. The molecule has 0 spiro atoms. The first-order chi connectivity index (χ1) is 14.6. The van der Waals surface area contributed by atoms with Crippen molar-refractivity contribution in [1.82, 2.24) is 15.0 Å². The molecule has 0 amide bonds. The maximum atomic E-state index is 12.7. The summed E-state index contributed by atoms with van der Waals surface area (Å²) in [6.45, 7) is 1.17. The van der Waals surface area contributed by atoms with Crippen LogP contribution in [0.4, 0.5) is 30.6 Å². The Bertz CT molecular complexity index is 1210. The van der Waals surface area contributed by atoms with Crippen LogP contribution >= 0.6 is 27.5 Å². The molecular formula is C18H15BrClF3N6O2. The third-order valence-corrected chi connectivity index (χ3v) is 5.52. The fourth-order valence-electron chi connectivity index (χ4n) is 3.23. The lowest BCUT2D eigenvalue weighted by Crippen LogP contribution is -2.28.